The van der Waals surface area contributed by atoms with E-state index in [1.54, 1.807) is 11.3 Å². The maximum atomic E-state index is 13.2. The average molecular weight is 326 g/mol. The van der Waals surface area contributed by atoms with Crippen molar-refractivity contribution in [3.63, 3.8) is 0 Å². The molecule has 0 aliphatic carbocycles. The van der Waals surface area contributed by atoms with Crippen molar-refractivity contribution in [2.24, 2.45) is 0 Å². The van der Waals surface area contributed by atoms with Gasteiger partial charge in [0.2, 0.25) is 11.8 Å². The van der Waals surface area contributed by atoms with Crippen molar-refractivity contribution in [1.29, 1.82) is 0 Å². The summed E-state index contributed by atoms with van der Waals surface area (Å²) in [7, 11) is 0. The largest absolute Gasteiger partial charge is 0.334 e. The predicted molar refractivity (Wildman–Crippen MR) is 90.4 cm³/mol. The van der Waals surface area contributed by atoms with Gasteiger partial charge in [-0.15, -0.1) is 11.3 Å². The molecule has 1 fully saturated rings. The zero-order valence-corrected chi connectivity index (χ0v) is 13.5. The second-order valence-electron chi connectivity index (χ2n) is 6.10. The highest BCUT2D eigenvalue weighted by Gasteiger charge is 2.38. The van der Waals surface area contributed by atoms with Gasteiger partial charge in [-0.25, -0.2) is 0 Å². The fourth-order valence-electron chi connectivity index (χ4n) is 3.64. The molecule has 4 rings (SSSR count). The van der Waals surface area contributed by atoms with Crippen molar-refractivity contribution in [3.8, 4) is 0 Å². The second-order valence-corrected chi connectivity index (χ2v) is 7.08. The minimum atomic E-state index is -0.361. The molecule has 2 aliphatic rings. The Morgan fingerprint density at radius 2 is 2.09 bits per heavy atom. The Kier molecular flexibility index (Phi) is 3.65. The van der Waals surface area contributed by atoms with E-state index >= 15 is 0 Å². The summed E-state index contributed by atoms with van der Waals surface area (Å²) >= 11 is 1.70. The number of hydrogen-bond acceptors (Lipinski definition) is 3. The maximum Gasteiger partial charge on any atom is 0.231 e. The lowest BCUT2D eigenvalue weighted by Crippen LogP contribution is -2.38. The van der Waals surface area contributed by atoms with Crippen molar-refractivity contribution in [2.45, 2.75) is 31.2 Å². The van der Waals surface area contributed by atoms with Crippen LogP contribution in [0.2, 0.25) is 0 Å². The van der Waals surface area contributed by atoms with E-state index in [2.05, 4.69) is 16.8 Å². The SMILES string of the molecule is O=C1CC(C(=O)N2CCCC2c2cccs2)c2ccccc2N1. The molecule has 2 unspecified atom stereocenters. The van der Waals surface area contributed by atoms with Crippen molar-refractivity contribution in [1.82, 2.24) is 4.90 Å². The molecule has 0 spiro atoms. The molecule has 1 N–H and O–H groups in total. The second kappa shape index (κ2) is 5.81. The van der Waals surface area contributed by atoms with Crippen LogP contribution in [0.1, 0.15) is 41.7 Å². The molecule has 1 saturated heterocycles. The molecule has 2 atom stereocenters. The van der Waals surface area contributed by atoms with Crippen LogP contribution in [0.25, 0.3) is 0 Å². The van der Waals surface area contributed by atoms with Crippen LogP contribution in [-0.2, 0) is 9.59 Å². The number of para-hydroxylation sites is 1. The minimum absolute atomic E-state index is 0.0751. The molecule has 0 radical (unpaired) electrons. The van der Waals surface area contributed by atoms with Gasteiger partial charge < -0.3 is 10.2 Å². The van der Waals surface area contributed by atoms with Gasteiger partial charge in [-0.05, 0) is 35.9 Å². The third-order valence-electron chi connectivity index (χ3n) is 4.71. The number of nitrogens with one attached hydrogen (secondary N) is 1. The normalized spacial score (nSPS) is 23.5. The van der Waals surface area contributed by atoms with Crippen LogP contribution in [0.5, 0.6) is 0 Å². The number of nitrogens with zero attached hydrogens (tertiary/aromatic N) is 1. The lowest BCUT2D eigenvalue weighted by Gasteiger charge is -2.31. The number of benzene rings is 1. The smallest absolute Gasteiger partial charge is 0.231 e. The van der Waals surface area contributed by atoms with Crippen molar-refractivity contribution >= 4 is 28.8 Å². The summed E-state index contributed by atoms with van der Waals surface area (Å²) in [4.78, 5) is 28.4. The number of likely N-dealkylation sites (tertiary alicyclic amines) is 1. The molecule has 2 amide bonds. The van der Waals surface area contributed by atoms with E-state index in [4.69, 9.17) is 0 Å². The van der Waals surface area contributed by atoms with Crippen LogP contribution in [0.15, 0.2) is 41.8 Å². The summed E-state index contributed by atoms with van der Waals surface area (Å²) in [5, 5.41) is 4.92. The van der Waals surface area contributed by atoms with Gasteiger partial charge in [0.05, 0.1) is 12.0 Å². The van der Waals surface area contributed by atoms with E-state index in [-0.39, 0.29) is 30.2 Å². The lowest BCUT2D eigenvalue weighted by molar-refractivity contribution is -0.135. The van der Waals surface area contributed by atoms with Gasteiger partial charge in [0, 0.05) is 23.5 Å². The number of thiophene rings is 1. The molecule has 2 aliphatic heterocycles. The van der Waals surface area contributed by atoms with Gasteiger partial charge in [-0.3, -0.25) is 9.59 Å². The lowest BCUT2D eigenvalue weighted by atomic mass is 9.89. The highest BCUT2D eigenvalue weighted by molar-refractivity contribution is 7.10. The number of rotatable bonds is 2. The summed E-state index contributed by atoms with van der Waals surface area (Å²) in [6.45, 7) is 0.779. The molecular formula is C18H18N2O2S. The molecular weight excluding hydrogens is 308 g/mol. The Hall–Kier alpha value is -2.14. The van der Waals surface area contributed by atoms with Crippen molar-refractivity contribution in [2.75, 3.05) is 11.9 Å². The van der Waals surface area contributed by atoms with Gasteiger partial charge in [0.15, 0.2) is 0 Å². The van der Waals surface area contributed by atoms with Gasteiger partial charge in [-0.1, -0.05) is 24.3 Å². The average Bonchev–Trinajstić information content (AvgIpc) is 3.24. The van der Waals surface area contributed by atoms with Crippen LogP contribution in [-0.4, -0.2) is 23.3 Å². The van der Waals surface area contributed by atoms with E-state index in [1.807, 2.05) is 35.2 Å². The maximum absolute atomic E-state index is 13.2. The molecule has 0 saturated carbocycles. The highest BCUT2D eigenvalue weighted by atomic mass is 32.1. The fraction of sp³-hybridized carbons (Fsp3) is 0.333. The zero-order chi connectivity index (χ0) is 15.8. The first-order chi connectivity index (χ1) is 11.2. The number of anilines is 1. The number of carbonyl (C=O) groups excluding carboxylic acids is 2. The topological polar surface area (TPSA) is 49.4 Å². The van der Waals surface area contributed by atoms with E-state index in [0.29, 0.717) is 0 Å². The molecule has 4 nitrogen and oxygen atoms in total. The number of amides is 2. The number of hydrogen-bond donors (Lipinski definition) is 1. The van der Waals surface area contributed by atoms with E-state index in [1.165, 1.54) is 4.88 Å². The summed E-state index contributed by atoms with van der Waals surface area (Å²) in [5.74, 6) is -0.349. The zero-order valence-electron chi connectivity index (χ0n) is 12.7. The van der Waals surface area contributed by atoms with Crippen LogP contribution in [0.3, 0.4) is 0 Å². The summed E-state index contributed by atoms with van der Waals surface area (Å²) in [5.41, 5.74) is 1.71. The van der Waals surface area contributed by atoms with Crippen LogP contribution in [0, 0.1) is 0 Å². The van der Waals surface area contributed by atoms with Crippen molar-refractivity contribution < 1.29 is 9.59 Å². The first-order valence-corrected chi connectivity index (χ1v) is 8.84. The van der Waals surface area contributed by atoms with Crippen LogP contribution in [0.4, 0.5) is 5.69 Å². The third kappa shape index (κ3) is 2.55. The standard InChI is InChI=1S/C18H18N2O2S/c21-17-11-13(12-5-1-2-6-14(12)19-17)18(22)20-9-3-7-15(20)16-8-4-10-23-16/h1-2,4-6,8,10,13,15H,3,7,9,11H2,(H,19,21). The molecule has 0 bridgehead atoms. The van der Waals surface area contributed by atoms with Crippen LogP contribution >= 0.6 is 11.3 Å². The quantitative estimate of drug-likeness (QED) is 0.918. The van der Waals surface area contributed by atoms with Gasteiger partial charge in [0.25, 0.3) is 0 Å². The molecule has 23 heavy (non-hydrogen) atoms. The Balaban J connectivity index is 1.65. The van der Waals surface area contributed by atoms with E-state index in [0.717, 1.165) is 30.6 Å². The molecule has 1 aromatic carbocycles. The van der Waals surface area contributed by atoms with Crippen molar-refractivity contribution in [3.05, 3.63) is 52.2 Å². The third-order valence-corrected chi connectivity index (χ3v) is 5.68. The van der Waals surface area contributed by atoms with Crippen LogP contribution < -0.4 is 5.32 Å². The molecule has 2 aromatic rings. The molecule has 5 heteroatoms. The summed E-state index contributed by atoms with van der Waals surface area (Å²) in [6.07, 6.45) is 2.27. The monoisotopic (exact) mass is 326 g/mol. The van der Waals surface area contributed by atoms with E-state index in [9.17, 15) is 9.59 Å². The molecule has 3 heterocycles. The summed E-state index contributed by atoms with van der Waals surface area (Å²) in [6, 6.07) is 11.9. The van der Waals surface area contributed by atoms with E-state index < -0.39 is 0 Å². The Morgan fingerprint density at radius 1 is 1.22 bits per heavy atom. The Morgan fingerprint density at radius 3 is 2.91 bits per heavy atom. The van der Waals surface area contributed by atoms with Gasteiger partial charge in [-0.2, -0.15) is 0 Å². The molecule has 118 valence electrons. The fourth-order valence-corrected chi connectivity index (χ4v) is 4.51. The van der Waals surface area contributed by atoms with Gasteiger partial charge >= 0.3 is 0 Å². The number of fused-ring (bicyclic) bond motifs is 1. The van der Waals surface area contributed by atoms with Gasteiger partial charge in [0.1, 0.15) is 0 Å². The first-order valence-electron chi connectivity index (χ1n) is 7.96. The number of carbonyl (C=O) groups is 2. The minimum Gasteiger partial charge on any atom is -0.334 e. The highest BCUT2D eigenvalue weighted by Crippen LogP contribution is 2.39. The first kappa shape index (κ1) is 14.5. The Labute approximate surface area is 139 Å². The summed E-state index contributed by atoms with van der Waals surface area (Å²) < 4.78 is 0. The predicted octanol–water partition coefficient (Wildman–Crippen LogP) is 3.54. The Bertz CT molecular complexity index is 741. The molecule has 1 aromatic heterocycles.